The zero-order valence-electron chi connectivity index (χ0n) is 44.1. The fourth-order valence-corrected chi connectivity index (χ4v) is 10.3. The maximum atomic E-state index is 14.7. The zero-order valence-corrected chi connectivity index (χ0v) is 45.7. The summed E-state index contributed by atoms with van der Waals surface area (Å²) >= 11 is 3.13. The third-order valence-electron chi connectivity index (χ3n) is 14.4. The van der Waals surface area contributed by atoms with Crippen LogP contribution in [0.15, 0.2) is 42.5 Å². The summed E-state index contributed by atoms with van der Waals surface area (Å²) in [5.41, 5.74) is 0.693. The van der Waals surface area contributed by atoms with Crippen molar-refractivity contribution >= 4 is 51.4 Å². The number of hydrogen-bond acceptors (Lipinski definition) is 11. The molecule has 5 amide bonds. The van der Waals surface area contributed by atoms with E-state index in [2.05, 4.69) is 26.6 Å². The van der Waals surface area contributed by atoms with E-state index in [1.165, 1.54) is 4.90 Å². The Labute approximate surface area is 426 Å². The van der Waals surface area contributed by atoms with Gasteiger partial charge in [-0.3, -0.25) is 24.0 Å². The minimum Gasteiger partial charge on any atom is -0.442 e. The standard InChI is InChI=1S/C53H86BrN5O11/c1-13-35(6)48(44(67-11)31-46(62)59-28-19-26-42(59)50(68-12)36(7)51(64)56-37(8)49(63)38-20-15-14-16-21-38)57(9)52(65)41(33(2)3)30-43(60)47(34(4)5)58(10)53(66)70-40-24-17-22-39(23-18-25-40)69-29-27-55-45(61)32-54/h14-17,20-21,24,33-37,39-42,44,47-50,63H,13,18-19,22-23,25-32H2,1-12H3,(H,55,61)(H,56,64)/b24-17+/t35-,36+,37+,39?,40?,41-,42-,44+,47-,48-,49+,50+/m0/s1. The number of likely N-dealkylation sites (tertiary alicyclic amines) is 1. The van der Waals surface area contributed by atoms with Gasteiger partial charge in [0.25, 0.3) is 0 Å². The van der Waals surface area contributed by atoms with Gasteiger partial charge in [0, 0.05) is 53.7 Å². The summed E-state index contributed by atoms with van der Waals surface area (Å²) in [6.45, 7) is 16.5. The quantitative estimate of drug-likeness (QED) is 0.0474. The Balaban J connectivity index is 1.70. The van der Waals surface area contributed by atoms with Crippen LogP contribution in [0, 0.1) is 29.6 Å². The molecule has 1 aromatic rings. The molecule has 1 fully saturated rings. The van der Waals surface area contributed by atoms with E-state index < -0.39 is 60.5 Å². The van der Waals surface area contributed by atoms with Crippen molar-refractivity contribution in [1.29, 1.82) is 0 Å². The zero-order chi connectivity index (χ0) is 52.2. The first-order valence-corrected chi connectivity index (χ1v) is 26.6. The molecule has 1 aliphatic carbocycles. The lowest BCUT2D eigenvalue weighted by Gasteiger charge is -2.41. The summed E-state index contributed by atoms with van der Waals surface area (Å²) in [4.78, 5) is 87.1. The highest BCUT2D eigenvalue weighted by Crippen LogP contribution is 2.32. The smallest absolute Gasteiger partial charge is 0.410 e. The van der Waals surface area contributed by atoms with Crippen molar-refractivity contribution in [3.8, 4) is 0 Å². The molecule has 70 heavy (non-hydrogen) atoms. The number of rotatable bonds is 27. The number of ketones is 1. The lowest BCUT2D eigenvalue weighted by molar-refractivity contribution is -0.149. The molecule has 0 saturated carbocycles. The van der Waals surface area contributed by atoms with Crippen molar-refractivity contribution in [2.24, 2.45) is 29.6 Å². The minimum atomic E-state index is -0.904. The van der Waals surface area contributed by atoms with Gasteiger partial charge in [0.2, 0.25) is 23.6 Å². The van der Waals surface area contributed by atoms with Crippen molar-refractivity contribution in [2.45, 2.75) is 168 Å². The first kappa shape index (κ1) is 60.4. The van der Waals surface area contributed by atoms with Crippen molar-refractivity contribution in [2.75, 3.05) is 53.3 Å². The molecule has 3 N–H and O–H groups in total. The molecule has 2 aliphatic rings. The van der Waals surface area contributed by atoms with Crippen LogP contribution in [-0.2, 0) is 42.9 Å². The molecule has 1 aliphatic heterocycles. The first-order valence-electron chi connectivity index (χ1n) is 25.4. The number of carbonyl (C=O) groups excluding carboxylic acids is 6. The molecule has 17 heteroatoms. The molecule has 16 nitrogen and oxygen atoms in total. The van der Waals surface area contributed by atoms with E-state index >= 15 is 0 Å². The van der Waals surface area contributed by atoms with E-state index in [1.807, 2.05) is 84.0 Å². The fourth-order valence-electron chi connectivity index (χ4n) is 10.1. The number of nitrogens with one attached hydrogen (secondary N) is 2. The molecular formula is C53H86BrN5O11. The number of aliphatic hydroxyl groups is 1. The second-order valence-corrected chi connectivity index (χ2v) is 20.6. The van der Waals surface area contributed by atoms with Gasteiger partial charge in [0.05, 0.1) is 72.9 Å². The molecule has 2 unspecified atom stereocenters. The normalized spacial score (nSPS) is 21.7. The van der Waals surface area contributed by atoms with E-state index in [4.69, 9.17) is 18.9 Å². The molecule has 0 bridgehead atoms. The van der Waals surface area contributed by atoms with Gasteiger partial charge in [-0.2, -0.15) is 0 Å². The molecule has 12 atom stereocenters. The Morgan fingerprint density at radius 2 is 1.57 bits per heavy atom. The Hall–Kier alpha value is -3.90. The average Bonchev–Trinajstić information content (AvgIpc) is 3.82. The van der Waals surface area contributed by atoms with E-state index in [-0.39, 0.29) is 77.5 Å². The number of nitrogens with zero attached hydrogens (tertiary/aromatic N) is 3. The maximum Gasteiger partial charge on any atom is 0.410 e. The Morgan fingerprint density at radius 1 is 0.886 bits per heavy atom. The molecule has 396 valence electrons. The van der Waals surface area contributed by atoms with Gasteiger partial charge in [-0.15, -0.1) is 0 Å². The largest absolute Gasteiger partial charge is 0.442 e. The lowest BCUT2D eigenvalue weighted by Crippen LogP contribution is -2.55. The van der Waals surface area contributed by atoms with Crippen molar-refractivity contribution in [3.05, 3.63) is 48.0 Å². The monoisotopic (exact) mass is 1050 g/mol. The van der Waals surface area contributed by atoms with Crippen LogP contribution in [0.5, 0.6) is 0 Å². The minimum absolute atomic E-state index is 0.00936. The summed E-state index contributed by atoms with van der Waals surface area (Å²) in [6.07, 6.45) is 5.19. The van der Waals surface area contributed by atoms with Crippen LogP contribution >= 0.6 is 15.9 Å². The highest BCUT2D eigenvalue weighted by molar-refractivity contribution is 9.09. The van der Waals surface area contributed by atoms with Crippen LogP contribution in [0.4, 0.5) is 4.79 Å². The molecule has 1 heterocycles. The molecule has 1 aromatic carbocycles. The topological polar surface area (TPSA) is 193 Å². The van der Waals surface area contributed by atoms with Gasteiger partial charge in [0.1, 0.15) is 6.10 Å². The number of likely N-dealkylation sites (N-methyl/N-ethyl adjacent to an activating group) is 2. The number of carbonyl (C=O) groups is 6. The predicted molar refractivity (Wildman–Crippen MR) is 274 cm³/mol. The molecule has 0 spiro atoms. The van der Waals surface area contributed by atoms with Crippen LogP contribution in [-0.4, -0.2) is 157 Å². The third kappa shape index (κ3) is 17.4. The maximum absolute atomic E-state index is 14.7. The number of alkyl halides is 1. The summed E-state index contributed by atoms with van der Waals surface area (Å²) in [6, 6.07) is 6.83. The summed E-state index contributed by atoms with van der Waals surface area (Å²) < 4.78 is 24.0. The van der Waals surface area contributed by atoms with Crippen molar-refractivity contribution in [1.82, 2.24) is 25.3 Å². The summed E-state index contributed by atoms with van der Waals surface area (Å²) in [5, 5.41) is 16.9. The second-order valence-electron chi connectivity index (χ2n) is 20.1. The van der Waals surface area contributed by atoms with Crippen molar-refractivity contribution < 1.29 is 52.8 Å². The number of methoxy groups -OCH3 is 2. The van der Waals surface area contributed by atoms with Crippen LogP contribution in [0.2, 0.25) is 0 Å². The average molecular weight is 1050 g/mol. The van der Waals surface area contributed by atoms with E-state index in [1.54, 1.807) is 52.0 Å². The highest BCUT2D eigenvalue weighted by atomic mass is 79.9. The lowest BCUT2D eigenvalue weighted by atomic mass is 9.83. The first-order chi connectivity index (χ1) is 33.2. The van der Waals surface area contributed by atoms with Gasteiger partial charge >= 0.3 is 6.09 Å². The molecule has 0 radical (unpaired) electrons. The fraction of sp³-hybridized carbons (Fsp3) is 0.736. The number of amides is 5. The Bertz CT molecular complexity index is 1840. The number of Topliss-reactive ketones (excluding diaryl/α,β-unsaturated/α-hetero) is 1. The molecule has 0 aromatic heterocycles. The van der Waals surface area contributed by atoms with Crippen molar-refractivity contribution in [3.63, 3.8) is 0 Å². The number of hydrogen-bond donors (Lipinski definition) is 3. The number of aliphatic hydroxyl groups excluding tert-OH is 1. The van der Waals surface area contributed by atoms with Gasteiger partial charge < -0.3 is 49.4 Å². The SMILES string of the molecule is CC[C@H](C)[C@@H]([C@@H](CC(=O)N1CCC[C@H]1[C@H](OC)[C@@H](C)C(=O)N[C@H](C)[C@@H](O)c1ccccc1)OC)N(C)C(=O)[C@@H](CC(=O)[C@H](C(C)C)N(C)C(=O)OC1/C=C/CC(OCCNC(=O)CBr)CCC1)C(C)C. The highest BCUT2D eigenvalue weighted by Gasteiger charge is 2.44. The number of benzene rings is 1. The summed E-state index contributed by atoms with van der Waals surface area (Å²) in [7, 11) is 6.38. The third-order valence-corrected chi connectivity index (χ3v) is 14.9. The van der Waals surface area contributed by atoms with Gasteiger partial charge in [0.15, 0.2) is 5.78 Å². The van der Waals surface area contributed by atoms with E-state index in [9.17, 15) is 33.9 Å². The number of ether oxygens (including phenoxy) is 4. The second kappa shape index (κ2) is 30.2. The van der Waals surface area contributed by atoms with E-state index in [0.29, 0.717) is 50.9 Å². The summed E-state index contributed by atoms with van der Waals surface area (Å²) in [5.74, 6) is -3.00. The predicted octanol–water partition coefficient (Wildman–Crippen LogP) is 6.86. The van der Waals surface area contributed by atoms with Gasteiger partial charge in [-0.05, 0) is 74.8 Å². The molecule has 3 rings (SSSR count). The molecular weight excluding hydrogens is 963 g/mol. The Kier molecular flexibility index (Phi) is 26.1. The van der Waals surface area contributed by atoms with Gasteiger partial charge in [-0.1, -0.05) is 107 Å². The molecule has 1 saturated heterocycles. The van der Waals surface area contributed by atoms with E-state index in [0.717, 1.165) is 19.3 Å². The van der Waals surface area contributed by atoms with Crippen LogP contribution in [0.25, 0.3) is 0 Å². The number of halogens is 1. The Morgan fingerprint density at radius 3 is 2.17 bits per heavy atom. The van der Waals surface area contributed by atoms with Crippen LogP contribution < -0.4 is 10.6 Å². The van der Waals surface area contributed by atoms with Gasteiger partial charge in [-0.25, -0.2) is 4.79 Å². The van der Waals surface area contributed by atoms with Crippen LogP contribution in [0.1, 0.15) is 125 Å². The van der Waals surface area contributed by atoms with Crippen LogP contribution in [0.3, 0.4) is 0 Å².